The molecule has 0 fully saturated rings. The lowest BCUT2D eigenvalue weighted by Gasteiger charge is -2.17. The third-order valence-corrected chi connectivity index (χ3v) is 6.99. The molecule has 0 radical (unpaired) electrons. The van der Waals surface area contributed by atoms with E-state index >= 15 is 0 Å². The standard InChI is InChI=1S/C20H16Br2S2/c21-16-6-10-18(11-7-16)23-20(14-15-4-2-1-3-5-15)24-19-12-8-17(22)9-13-19/h1-13,20H,14H2. The van der Waals surface area contributed by atoms with Crippen molar-refractivity contribution in [3.8, 4) is 0 Å². The third-order valence-electron chi connectivity index (χ3n) is 3.41. The Morgan fingerprint density at radius 2 is 1.08 bits per heavy atom. The number of halogens is 2. The molecule has 0 aliphatic rings. The third kappa shape index (κ3) is 5.69. The van der Waals surface area contributed by atoms with Crippen molar-refractivity contribution in [2.24, 2.45) is 0 Å². The van der Waals surface area contributed by atoms with Gasteiger partial charge in [-0.1, -0.05) is 62.2 Å². The maximum atomic E-state index is 3.51. The summed E-state index contributed by atoms with van der Waals surface area (Å²) in [4.78, 5) is 2.59. The molecule has 0 amide bonds. The van der Waals surface area contributed by atoms with Gasteiger partial charge in [0.15, 0.2) is 0 Å². The average Bonchev–Trinajstić information content (AvgIpc) is 2.60. The lowest BCUT2D eigenvalue weighted by atomic mass is 10.2. The molecule has 3 aromatic rings. The molecule has 0 aliphatic carbocycles. The second-order valence-corrected chi connectivity index (χ2v) is 9.94. The van der Waals surface area contributed by atoms with Crippen LogP contribution in [-0.4, -0.2) is 4.58 Å². The Balaban J connectivity index is 1.76. The summed E-state index contributed by atoms with van der Waals surface area (Å²) >= 11 is 10.9. The second kappa shape index (κ2) is 9.14. The zero-order valence-electron chi connectivity index (χ0n) is 12.9. The smallest absolute Gasteiger partial charge is 0.0637 e. The molecule has 3 aromatic carbocycles. The number of hydrogen-bond donors (Lipinski definition) is 0. The van der Waals surface area contributed by atoms with E-state index in [-0.39, 0.29) is 0 Å². The minimum absolute atomic E-state index is 0.426. The monoisotopic (exact) mass is 478 g/mol. The van der Waals surface area contributed by atoms with Crippen molar-refractivity contribution in [2.75, 3.05) is 0 Å². The van der Waals surface area contributed by atoms with Gasteiger partial charge < -0.3 is 0 Å². The summed E-state index contributed by atoms with van der Waals surface area (Å²) in [5, 5.41) is 0. The molecule has 3 rings (SSSR count). The average molecular weight is 480 g/mol. The maximum Gasteiger partial charge on any atom is 0.0637 e. The normalized spacial score (nSPS) is 11.0. The summed E-state index contributed by atoms with van der Waals surface area (Å²) in [6.07, 6.45) is 1.03. The molecule has 0 unspecified atom stereocenters. The highest BCUT2D eigenvalue weighted by atomic mass is 79.9. The quantitative estimate of drug-likeness (QED) is 0.262. The van der Waals surface area contributed by atoms with Crippen LogP contribution in [0.15, 0.2) is 97.6 Å². The van der Waals surface area contributed by atoms with E-state index in [1.54, 1.807) is 0 Å². The van der Waals surface area contributed by atoms with Crippen LogP contribution in [0.5, 0.6) is 0 Å². The zero-order valence-corrected chi connectivity index (χ0v) is 17.7. The molecule has 0 N–H and O–H groups in total. The molecule has 0 atom stereocenters. The summed E-state index contributed by atoms with van der Waals surface area (Å²) in [5.41, 5.74) is 1.37. The van der Waals surface area contributed by atoms with Gasteiger partial charge in [-0.15, -0.1) is 23.5 Å². The topological polar surface area (TPSA) is 0 Å². The highest BCUT2D eigenvalue weighted by molar-refractivity contribution is 9.10. The van der Waals surface area contributed by atoms with Crippen LogP contribution < -0.4 is 0 Å². The van der Waals surface area contributed by atoms with Crippen LogP contribution in [0.2, 0.25) is 0 Å². The highest BCUT2D eigenvalue weighted by Crippen LogP contribution is 2.38. The number of hydrogen-bond acceptors (Lipinski definition) is 2. The first-order valence-electron chi connectivity index (χ1n) is 7.57. The van der Waals surface area contributed by atoms with Crippen LogP contribution in [-0.2, 0) is 6.42 Å². The fraction of sp³-hybridized carbons (Fsp3) is 0.100. The van der Waals surface area contributed by atoms with Gasteiger partial charge in [0.1, 0.15) is 0 Å². The molecule has 0 spiro atoms. The Bertz CT molecular complexity index is 708. The SMILES string of the molecule is Brc1ccc(SC(Cc2ccccc2)Sc2ccc(Br)cc2)cc1. The van der Waals surface area contributed by atoms with E-state index in [9.17, 15) is 0 Å². The van der Waals surface area contributed by atoms with Crippen molar-refractivity contribution in [3.63, 3.8) is 0 Å². The minimum Gasteiger partial charge on any atom is -0.111 e. The van der Waals surface area contributed by atoms with Gasteiger partial charge in [-0.3, -0.25) is 0 Å². The maximum absolute atomic E-state index is 3.51. The van der Waals surface area contributed by atoms with Gasteiger partial charge in [-0.2, -0.15) is 0 Å². The molecular weight excluding hydrogens is 464 g/mol. The largest absolute Gasteiger partial charge is 0.111 e. The molecule has 0 aromatic heterocycles. The highest BCUT2D eigenvalue weighted by Gasteiger charge is 2.13. The predicted octanol–water partition coefficient (Wildman–Crippen LogP) is 7.66. The Kier molecular flexibility index (Phi) is 6.90. The Morgan fingerprint density at radius 3 is 1.54 bits per heavy atom. The molecule has 0 bridgehead atoms. The van der Waals surface area contributed by atoms with Crippen LogP contribution >= 0.6 is 55.4 Å². The van der Waals surface area contributed by atoms with Crippen LogP contribution in [0.3, 0.4) is 0 Å². The lowest BCUT2D eigenvalue weighted by Crippen LogP contribution is -2.02. The fourth-order valence-electron chi connectivity index (χ4n) is 2.24. The van der Waals surface area contributed by atoms with Gasteiger partial charge in [0.2, 0.25) is 0 Å². The van der Waals surface area contributed by atoms with Crippen molar-refractivity contribution in [3.05, 3.63) is 93.4 Å². The first-order chi connectivity index (χ1) is 11.7. The van der Waals surface area contributed by atoms with E-state index < -0.39 is 0 Å². The summed E-state index contributed by atoms with van der Waals surface area (Å²) in [6.45, 7) is 0. The van der Waals surface area contributed by atoms with Gasteiger partial charge in [-0.05, 0) is 60.5 Å². The van der Waals surface area contributed by atoms with E-state index in [2.05, 4.69) is 111 Å². The number of rotatable bonds is 6. The predicted molar refractivity (Wildman–Crippen MR) is 114 cm³/mol. The first-order valence-corrected chi connectivity index (χ1v) is 10.9. The summed E-state index contributed by atoms with van der Waals surface area (Å²) in [7, 11) is 0. The fourth-order valence-corrected chi connectivity index (χ4v) is 5.38. The Labute approximate surface area is 168 Å². The Morgan fingerprint density at radius 1 is 0.625 bits per heavy atom. The van der Waals surface area contributed by atoms with E-state index in [1.807, 2.05) is 23.5 Å². The van der Waals surface area contributed by atoms with Crippen LogP contribution in [0.25, 0.3) is 0 Å². The van der Waals surface area contributed by atoms with Crippen molar-refractivity contribution in [1.82, 2.24) is 0 Å². The zero-order chi connectivity index (χ0) is 16.8. The summed E-state index contributed by atoms with van der Waals surface area (Å²) < 4.78 is 2.66. The molecule has 0 saturated heterocycles. The van der Waals surface area contributed by atoms with E-state index in [0.29, 0.717) is 4.58 Å². The van der Waals surface area contributed by atoms with Crippen molar-refractivity contribution in [1.29, 1.82) is 0 Å². The van der Waals surface area contributed by atoms with Crippen molar-refractivity contribution in [2.45, 2.75) is 20.8 Å². The summed E-state index contributed by atoms with van der Waals surface area (Å²) in [6, 6.07) is 27.8. The van der Waals surface area contributed by atoms with Crippen LogP contribution in [0.1, 0.15) is 5.56 Å². The molecule has 0 saturated carbocycles. The van der Waals surface area contributed by atoms with Crippen LogP contribution in [0.4, 0.5) is 0 Å². The van der Waals surface area contributed by atoms with Crippen molar-refractivity contribution >= 4 is 55.4 Å². The van der Waals surface area contributed by atoms with Gasteiger partial charge in [0, 0.05) is 18.7 Å². The van der Waals surface area contributed by atoms with E-state index in [0.717, 1.165) is 15.4 Å². The second-order valence-electron chi connectivity index (χ2n) is 5.26. The van der Waals surface area contributed by atoms with Gasteiger partial charge in [0.25, 0.3) is 0 Å². The van der Waals surface area contributed by atoms with E-state index in [4.69, 9.17) is 0 Å². The molecule has 0 aliphatic heterocycles. The molecule has 0 nitrogen and oxygen atoms in total. The van der Waals surface area contributed by atoms with Gasteiger partial charge >= 0.3 is 0 Å². The molecule has 0 heterocycles. The molecule has 4 heteroatoms. The minimum atomic E-state index is 0.426. The Hall–Kier alpha value is -0.680. The molecule has 24 heavy (non-hydrogen) atoms. The molecule has 122 valence electrons. The van der Waals surface area contributed by atoms with E-state index in [1.165, 1.54) is 15.4 Å². The van der Waals surface area contributed by atoms with Crippen molar-refractivity contribution < 1.29 is 0 Å². The lowest BCUT2D eigenvalue weighted by molar-refractivity contribution is 1.10. The summed E-state index contributed by atoms with van der Waals surface area (Å²) in [5.74, 6) is 0. The first kappa shape index (κ1) is 18.1. The number of benzene rings is 3. The van der Waals surface area contributed by atoms with Crippen LogP contribution in [0, 0.1) is 0 Å². The van der Waals surface area contributed by atoms with Gasteiger partial charge in [0.05, 0.1) is 4.58 Å². The molecular formula is C20H16Br2S2. The number of thioether (sulfide) groups is 2. The van der Waals surface area contributed by atoms with Gasteiger partial charge in [-0.25, -0.2) is 0 Å².